The Kier molecular flexibility index (Phi) is 2.53. The van der Waals surface area contributed by atoms with E-state index in [9.17, 15) is 4.79 Å². The van der Waals surface area contributed by atoms with E-state index in [1.54, 1.807) is 0 Å². The minimum Gasteiger partial charge on any atom is -0.373 e. The lowest BCUT2D eigenvalue weighted by Crippen LogP contribution is -2.21. The normalized spacial score (nSPS) is 15.9. The van der Waals surface area contributed by atoms with Gasteiger partial charge >= 0.3 is 0 Å². The Balaban J connectivity index is 2.27. The molecule has 15 heavy (non-hydrogen) atoms. The van der Waals surface area contributed by atoms with Gasteiger partial charge in [-0.1, -0.05) is 0 Å². The fourth-order valence-corrected chi connectivity index (χ4v) is 1.67. The van der Waals surface area contributed by atoms with Crippen LogP contribution in [0.2, 0.25) is 0 Å². The van der Waals surface area contributed by atoms with Crippen LogP contribution < -0.4 is 10.2 Å². The quantitative estimate of drug-likeness (QED) is 0.768. The highest BCUT2D eigenvalue weighted by Gasteiger charge is 2.21. The summed E-state index contributed by atoms with van der Waals surface area (Å²) in [5, 5.41) is 2.98. The molecule has 0 bridgehead atoms. The highest BCUT2D eigenvalue weighted by molar-refractivity contribution is 5.86. The molecule has 1 aliphatic rings. The van der Waals surface area contributed by atoms with E-state index in [1.165, 1.54) is 0 Å². The summed E-state index contributed by atoms with van der Waals surface area (Å²) >= 11 is 0. The van der Waals surface area contributed by atoms with Crippen molar-refractivity contribution in [1.29, 1.82) is 0 Å². The molecule has 0 spiro atoms. The number of aromatic nitrogens is 2. The van der Waals surface area contributed by atoms with Gasteiger partial charge in [0.1, 0.15) is 17.5 Å². The zero-order valence-electron chi connectivity index (χ0n) is 8.95. The van der Waals surface area contributed by atoms with Gasteiger partial charge in [-0.05, 0) is 6.92 Å². The number of Topliss-reactive ketones (excluding diaryl/α,β-unsaturated/α-hetero) is 1. The van der Waals surface area contributed by atoms with Crippen molar-refractivity contribution in [2.75, 3.05) is 30.4 Å². The van der Waals surface area contributed by atoms with Gasteiger partial charge in [0, 0.05) is 26.1 Å². The minimum atomic E-state index is 0.275. The maximum absolute atomic E-state index is 11.2. The molecule has 1 fully saturated rings. The Labute approximate surface area is 88.5 Å². The SMILES string of the molecule is CNc1cc(N2CCC(=O)C2)nc(C)n1. The van der Waals surface area contributed by atoms with E-state index in [-0.39, 0.29) is 5.78 Å². The summed E-state index contributed by atoms with van der Waals surface area (Å²) in [6.45, 7) is 3.08. The van der Waals surface area contributed by atoms with Crippen molar-refractivity contribution in [3.8, 4) is 0 Å². The predicted octanol–water partition coefficient (Wildman–Crippen LogP) is 0.606. The van der Waals surface area contributed by atoms with Gasteiger partial charge in [-0.3, -0.25) is 4.79 Å². The van der Waals surface area contributed by atoms with Crippen molar-refractivity contribution in [2.45, 2.75) is 13.3 Å². The third-order valence-corrected chi connectivity index (χ3v) is 2.43. The smallest absolute Gasteiger partial charge is 0.153 e. The molecular formula is C10H14N4O. The first kappa shape index (κ1) is 9.89. The summed E-state index contributed by atoms with van der Waals surface area (Å²) < 4.78 is 0. The third-order valence-electron chi connectivity index (χ3n) is 2.43. The maximum Gasteiger partial charge on any atom is 0.153 e. The summed E-state index contributed by atoms with van der Waals surface area (Å²) in [6, 6.07) is 1.87. The molecule has 0 aromatic carbocycles. The van der Waals surface area contributed by atoms with Gasteiger partial charge in [0.15, 0.2) is 5.78 Å². The van der Waals surface area contributed by atoms with Gasteiger partial charge in [-0.25, -0.2) is 9.97 Å². The van der Waals surface area contributed by atoms with Crippen LogP contribution in [-0.4, -0.2) is 35.9 Å². The van der Waals surface area contributed by atoms with Crippen molar-refractivity contribution in [3.05, 3.63) is 11.9 Å². The van der Waals surface area contributed by atoms with Crippen molar-refractivity contribution in [2.24, 2.45) is 0 Å². The van der Waals surface area contributed by atoms with Crippen LogP contribution in [0.25, 0.3) is 0 Å². The second kappa shape index (κ2) is 3.84. The number of aryl methyl sites for hydroxylation is 1. The number of nitrogens with one attached hydrogen (secondary N) is 1. The number of hydrogen-bond acceptors (Lipinski definition) is 5. The molecule has 2 rings (SSSR count). The van der Waals surface area contributed by atoms with E-state index in [0.717, 1.165) is 24.0 Å². The maximum atomic E-state index is 11.2. The lowest BCUT2D eigenvalue weighted by Gasteiger charge is -2.16. The molecular weight excluding hydrogens is 192 g/mol. The van der Waals surface area contributed by atoms with E-state index < -0.39 is 0 Å². The average molecular weight is 206 g/mol. The number of carbonyl (C=O) groups is 1. The lowest BCUT2D eigenvalue weighted by atomic mass is 10.4. The zero-order valence-corrected chi connectivity index (χ0v) is 8.95. The fourth-order valence-electron chi connectivity index (χ4n) is 1.67. The number of nitrogens with zero attached hydrogens (tertiary/aromatic N) is 3. The molecule has 0 aliphatic carbocycles. The molecule has 1 saturated heterocycles. The highest BCUT2D eigenvalue weighted by Crippen LogP contribution is 2.18. The van der Waals surface area contributed by atoms with E-state index in [2.05, 4.69) is 15.3 Å². The van der Waals surface area contributed by atoms with E-state index >= 15 is 0 Å². The topological polar surface area (TPSA) is 58.1 Å². The van der Waals surface area contributed by atoms with Crippen LogP contribution in [0.4, 0.5) is 11.6 Å². The molecule has 0 atom stereocenters. The first-order valence-corrected chi connectivity index (χ1v) is 4.99. The second-order valence-corrected chi connectivity index (χ2v) is 3.62. The van der Waals surface area contributed by atoms with E-state index in [1.807, 2.05) is 24.9 Å². The second-order valence-electron chi connectivity index (χ2n) is 3.62. The molecule has 5 nitrogen and oxygen atoms in total. The number of hydrogen-bond donors (Lipinski definition) is 1. The first-order valence-electron chi connectivity index (χ1n) is 4.99. The molecule has 1 N–H and O–H groups in total. The van der Waals surface area contributed by atoms with Crippen molar-refractivity contribution >= 4 is 17.4 Å². The molecule has 1 aromatic heterocycles. The standard InChI is InChI=1S/C10H14N4O/c1-7-12-9(11-2)5-10(13-7)14-4-3-8(15)6-14/h5H,3-4,6H2,1-2H3,(H,11,12,13). The van der Waals surface area contributed by atoms with Gasteiger partial charge in [-0.15, -0.1) is 0 Å². The van der Waals surface area contributed by atoms with Crippen LogP contribution in [0, 0.1) is 6.92 Å². The number of anilines is 2. The van der Waals surface area contributed by atoms with Crippen LogP contribution in [0.3, 0.4) is 0 Å². The highest BCUT2D eigenvalue weighted by atomic mass is 16.1. The third kappa shape index (κ3) is 2.06. The van der Waals surface area contributed by atoms with Crippen LogP contribution in [-0.2, 0) is 4.79 Å². The summed E-state index contributed by atoms with van der Waals surface area (Å²) in [4.78, 5) is 21.7. The number of ketones is 1. The molecule has 0 saturated carbocycles. The van der Waals surface area contributed by atoms with Gasteiger partial charge in [0.25, 0.3) is 0 Å². The molecule has 0 radical (unpaired) electrons. The number of rotatable bonds is 2. The zero-order chi connectivity index (χ0) is 10.8. The summed E-state index contributed by atoms with van der Waals surface area (Å²) in [7, 11) is 1.82. The Bertz CT molecular complexity index is 391. The average Bonchev–Trinajstić information content (AvgIpc) is 2.64. The van der Waals surface area contributed by atoms with E-state index in [0.29, 0.717) is 13.0 Å². The Hall–Kier alpha value is -1.65. The van der Waals surface area contributed by atoms with E-state index in [4.69, 9.17) is 0 Å². The van der Waals surface area contributed by atoms with Gasteiger partial charge in [-0.2, -0.15) is 0 Å². The Morgan fingerprint density at radius 1 is 1.47 bits per heavy atom. The number of carbonyl (C=O) groups excluding carboxylic acids is 1. The molecule has 5 heteroatoms. The molecule has 80 valence electrons. The summed E-state index contributed by atoms with van der Waals surface area (Å²) in [6.07, 6.45) is 0.623. The van der Waals surface area contributed by atoms with Gasteiger partial charge < -0.3 is 10.2 Å². The molecule has 1 aromatic rings. The summed E-state index contributed by atoms with van der Waals surface area (Å²) in [5.41, 5.74) is 0. The van der Waals surface area contributed by atoms with Crippen molar-refractivity contribution in [3.63, 3.8) is 0 Å². The monoisotopic (exact) mass is 206 g/mol. The Morgan fingerprint density at radius 2 is 2.27 bits per heavy atom. The van der Waals surface area contributed by atoms with Crippen molar-refractivity contribution < 1.29 is 4.79 Å². The van der Waals surface area contributed by atoms with Crippen LogP contribution in [0.15, 0.2) is 6.07 Å². The molecule has 2 heterocycles. The first-order chi connectivity index (χ1) is 7.19. The molecule has 0 unspecified atom stereocenters. The predicted molar refractivity (Wildman–Crippen MR) is 58.2 cm³/mol. The fraction of sp³-hybridized carbons (Fsp3) is 0.500. The van der Waals surface area contributed by atoms with Crippen LogP contribution >= 0.6 is 0 Å². The lowest BCUT2D eigenvalue weighted by molar-refractivity contribution is -0.116. The van der Waals surface area contributed by atoms with Gasteiger partial charge in [0.05, 0.1) is 6.54 Å². The molecule has 0 amide bonds. The van der Waals surface area contributed by atoms with Gasteiger partial charge in [0.2, 0.25) is 0 Å². The van der Waals surface area contributed by atoms with Crippen molar-refractivity contribution in [1.82, 2.24) is 9.97 Å². The largest absolute Gasteiger partial charge is 0.373 e. The molecule has 1 aliphatic heterocycles. The van der Waals surface area contributed by atoms with Crippen LogP contribution in [0.1, 0.15) is 12.2 Å². The minimum absolute atomic E-state index is 0.275. The summed E-state index contributed by atoms with van der Waals surface area (Å²) in [5.74, 6) is 2.61. The Morgan fingerprint density at radius 3 is 2.87 bits per heavy atom. The van der Waals surface area contributed by atoms with Crippen LogP contribution in [0.5, 0.6) is 0 Å².